The van der Waals surface area contributed by atoms with Crippen molar-refractivity contribution in [3.05, 3.63) is 75.0 Å². The van der Waals surface area contributed by atoms with Gasteiger partial charge in [-0.05, 0) is 23.8 Å². The summed E-state index contributed by atoms with van der Waals surface area (Å²) in [6, 6.07) is 17.7. The van der Waals surface area contributed by atoms with Crippen LogP contribution in [0, 0.1) is 0 Å². The molecule has 2 aromatic carbocycles. The highest BCUT2D eigenvalue weighted by Crippen LogP contribution is 2.21. The fourth-order valence-corrected chi connectivity index (χ4v) is 2.85. The zero-order valence-corrected chi connectivity index (χ0v) is 13.2. The predicted molar refractivity (Wildman–Crippen MR) is 90.7 cm³/mol. The van der Waals surface area contributed by atoms with Crippen LogP contribution < -0.4 is 10.9 Å². The first-order chi connectivity index (χ1) is 10.1. The normalized spacial score (nSPS) is 10.8. The molecule has 1 aromatic heterocycles. The summed E-state index contributed by atoms with van der Waals surface area (Å²) in [5.74, 6) is 0. The van der Waals surface area contributed by atoms with Crippen LogP contribution in [0.1, 0.15) is 5.56 Å². The van der Waals surface area contributed by atoms with E-state index in [-0.39, 0.29) is 5.56 Å². The molecule has 0 radical (unpaired) electrons. The number of halogens is 1. The molecule has 3 nitrogen and oxygen atoms in total. The lowest BCUT2D eigenvalue weighted by atomic mass is 10.1. The number of nitrogens with one attached hydrogen (secondary N) is 1. The summed E-state index contributed by atoms with van der Waals surface area (Å²) < 4.78 is 2.72. The van der Waals surface area contributed by atoms with Gasteiger partial charge >= 0.3 is 0 Å². The van der Waals surface area contributed by atoms with E-state index in [0.29, 0.717) is 6.54 Å². The van der Waals surface area contributed by atoms with Gasteiger partial charge in [-0.2, -0.15) is 0 Å². The summed E-state index contributed by atoms with van der Waals surface area (Å²) in [7, 11) is 1.79. The molecule has 0 amide bonds. The molecule has 0 aliphatic carbocycles. The minimum absolute atomic E-state index is 0.00885. The quantitative estimate of drug-likeness (QED) is 0.782. The third kappa shape index (κ3) is 2.85. The number of hydrogen-bond donors (Lipinski definition) is 1. The van der Waals surface area contributed by atoms with Gasteiger partial charge in [0, 0.05) is 35.2 Å². The molecule has 0 spiro atoms. The van der Waals surface area contributed by atoms with Crippen LogP contribution in [0.25, 0.3) is 10.9 Å². The second kappa shape index (κ2) is 5.74. The number of pyridine rings is 1. The zero-order chi connectivity index (χ0) is 14.8. The first-order valence-corrected chi connectivity index (χ1v) is 7.51. The molecule has 0 saturated heterocycles. The first-order valence-electron chi connectivity index (χ1n) is 6.72. The van der Waals surface area contributed by atoms with Crippen molar-refractivity contribution < 1.29 is 0 Å². The number of nitrogens with zero attached hydrogens (tertiary/aromatic N) is 1. The third-order valence-corrected chi connectivity index (χ3v) is 4.02. The van der Waals surface area contributed by atoms with Gasteiger partial charge in [-0.15, -0.1) is 0 Å². The van der Waals surface area contributed by atoms with Crippen molar-refractivity contribution in [3.63, 3.8) is 0 Å². The Bertz CT molecular complexity index is 855. The maximum atomic E-state index is 12.0. The molecule has 0 bridgehead atoms. The minimum Gasteiger partial charge on any atom is -0.380 e. The Hall–Kier alpha value is -2.07. The molecule has 0 saturated carbocycles. The summed E-state index contributed by atoms with van der Waals surface area (Å²) in [5, 5.41) is 4.42. The minimum atomic E-state index is -0.00885. The molecule has 1 N–H and O–H groups in total. The second-order valence-corrected chi connectivity index (χ2v) is 5.87. The SMILES string of the molecule is Cn1c(=O)cc(NCc2cccc(Br)c2)c2ccccc21. The van der Waals surface area contributed by atoms with E-state index in [0.717, 1.165) is 26.6 Å². The largest absolute Gasteiger partial charge is 0.380 e. The van der Waals surface area contributed by atoms with Gasteiger partial charge in [-0.25, -0.2) is 0 Å². The van der Waals surface area contributed by atoms with E-state index in [2.05, 4.69) is 33.4 Å². The number of hydrogen-bond acceptors (Lipinski definition) is 2. The molecule has 1 heterocycles. The Labute approximate surface area is 131 Å². The van der Waals surface area contributed by atoms with Crippen LogP contribution in [-0.2, 0) is 13.6 Å². The number of anilines is 1. The van der Waals surface area contributed by atoms with Crippen LogP contribution in [0.15, 0.2) is 63.9 Å². The molecule has 0 unspecified atom stereocenters. The van der Waals surface area contributed by atoms with E-state index >= 15 is 0 Å². The van der Waals surface area contributed by atoms with Crippen molar-refractivity contribution in [1.29, 1.82) is 0 Å². The van der Waals surface area contributed by atoms with Gasteiger partial charge in [0.05, 0.1) is 5.52 Å². The van der Waals surface area contributed by atoms with E-state index in [4.69, 9.17) is 0 Å². The molecule has 0 aliphatic heterocycles. The molecule has 3 rings (SSSR count). The number of para-hydroxylation sites is 1. The molecular weight excluding hydrogens is 328 g/mol. The Morgan fingerprint density at radius 1 is 1.10 bits per heavy atom. The molecule has 0 fully saturated rings. The second-order valence-electron chi connectivity index (χ2n) is 4.96. The number of aromatic nitrogens is 1. The van der Waals surface area contributed by atoms with Crippen molar-refractivity contribution in [3.8, 4) is 0 Å². The highest BCUT2D eigenvalue weighted by atomic mass is 79.9. The van der Waals surface area contributed by atoms with Gasteiger partial charge in [-0.1, -0.05) is 46.3 Å². The Morgan fingerprint density at radius 3 is 2.71 bits per heavy atom. The van der Waals surface area contributed by atoms with E-state index in [1.165, 1.54) is 0 Å². The van der Waals surface area contributed by atoms with Gasteiger partial charge in [0.1, 0.15) is 0 Å². The lowest BCUT2D eigenvalue weighted by Gasteiger charge is -2.12. The summed E-state index contributed by atoms with van der Waals surface area (Å²) in [6.07, 6.45) is 0. The molecule has 0 aliphatic rings. The van der Waals surface area contributed by atoms with Gasteiger partial charge in [0.2, 0.25) is 0 Å². The highest BCUT2D eigenvalue weighted by molar-refractivity contribution is 9.10. The molecule has 4 heteroatoms. The van der Waals surface area contributed by atoms with E-state index in [1.807, 2.05) is 36.4 Å². The van der Waals surface area contributed by atoms with E-state index in [1.54, 1.807) is 17.7 Å². The maximum absolute atomic E-state index is 12.0. The van der Waals surface area contributed by atoms with Crippen LogP contribution in [0.4, 0.5) is 5.69 Å². The van der Waals surface area contributed by atoms with Gasteiger partial charge < -0.3 is 9.88 Å². The third-order valence-electron chi connectivity index (χ3n) is 3.53. The number of aryl methyl sites for hydroxylation is 1. The van der Waals surface area contributed by atoms with Gasteiger partial charge in [0.15, 0.2) is 0 Å². The summed E-state index contributed by atoms with van der Waals surface area (Å²) in [5.41, 5.74) is 2.95. The molecule has 106 valence electrons. The highest BCUT2D eigenvalue weighted by Gasteiger charge is 2.05. The molecule has 0 atom stereocenters. The van der Waals surface area contributed by atoms with Crippen molar-refractivity contribution in [2.45, 2.75) is 6.54 Å². The van der Waals surface area contributed by atoms with Crippen LogP contribution >= 0.6 is 15.9 Å². The van der Waals surface area contributed by atoms with Gasteiger partial charge in [-0.3, -0.25) is 4.79 Å². The topological polar surface area (TPSA) is 34.0 Å². The Kier molecular flexibility index (Phi) is 3.80. The standard InChI is InChI=1S/C17H15BrN2O/c1-20-16-8-3-2-7-14(16)15(10-17(20)21)19-11-12-5-4-6-13(18)9-12/h2-10,19H,11H2,1H3. The molecule has 3 aromatic rings. The van der Waals surface area contributed by atoms with Crippen molar-refractivity contribution in [2.24, 2.45) is 7.05 Å². The number of rotatable bonds is 3. The van der Waals surface area contributed by atoms with Crippen LogP contribution in [-0.4, -0.2) is 4.57 Å². The van der Waals surface area contributed by atoms with Crippen molar-refractivity contribution in [1.82, 2.24) is 4.57 Å². The van der Waals surface area contributed by atoms with Crippen LogP contribution in [0.5, 0.6) is 0 Å². The van der Waals surface area contributed by atoms with Crippen LogP contribution in [0.3, 0.4) is 0 Å². The van der Waals surface area contributed by atoms with E-state index in [9.17, 15) is 4.79 Å². The van der Waals surface area contributed by atoms with Crippen LogP contribution in [0.2, 0.25) is 0 Å². The number of benzene rings is 2. The lowest BCUT2D eigenvalue weighted by molar-refractivity contribution is 0.905. The maximum Gasteiger partial charge on any atom is 0.252 e. The molecular formula is C17H15BrN2O. The Balaban J connectivity index is 1.98. The van der Waals surface area contributed by atoms with Gasteiger partial charge in [0.25, 0.3) is 5.56 Å². The monoisotopic (exact) mass is 342 g/mol. The average Bonchev–Trinajstić information content (AvgIpc) is 2.50. The summed E-state index contributed by atoms with van der Waals surface area (Å²) in [4.78, 5) is 12.0. The fraction of sp³-hybridized carbons (Fsp3) is 0.118. The van der Waals surface area contributed by atoms with E-state index < -0.39 is 0 Å². The lowest BCUT2D eigenvalue weighted by Crippen LogP contribution is -2.17. The van der Waals surface area contributed by atoms with Crippen molar-refractivity contribution in [2.75, 3.05) is 5.32 Å². The summed E-state index contributed by atoms with van der Waals surface area (Å²) >= 11 is 3.47. The molecule has 21 heavy (non-hydrogen) atoms. The van der Waals surface area contributed by atoms with Crippen molar-refractivity contribution >= 4 is 32.5 Å². The first kappa shape index (κ1) is 13.9. The average molecular weight is 343 g/mol. The fourth-order valence-electron chi connectivity index (χ4n) is 2.40. The zero-order valence-electron chi connectivity index (χ0n) is 11.6. The predicted octanol–water partition coefficient (Wildman–Crippen LogP) is 3.91. The summed E-state index contributed by atoms with van der Waals surface area (Å²) in [6.45, 7) is 0.677. The Morgan fingerprint density at radius 2 is 1.90 bits per heavy atom. The smallest absolute Gasteiger partial charge is 0.252 e. The number of fused-ring (bicyclic) bond motifs is 1.